The summed E-state index contributed by atoms with van der Waals surface area (Å²) in [5.41, 5.74) is 6.81. The molecule has 0 radical (unpaired) electrons. The van der Waals surface area contributed by atoms with Crippen LogP contribution in [0, 0.1) is 11.8 Å². The van der Waals surface area contributed by atoms with Crippen LogP contribution in [0.2, 0.25) is 0 Å². The summed E-state index contributed by atoms with van der Waals surface area (Å²) in [5, 5.41) is 10.5. The number of nitrogens with one attached hydrogen (secondary N) is 4. The zero-order chi connectivity index (χ0) is 36.5. The molecule has 0 aliphatic carbocycles. The van der Waals surface area contributed by atoms with Gasteiger partial charge in [0.05, 0.1) is 12.5 Å². The van der Waals surface area contributed by atoms with Crippen molar-refractivity contribution in [1.82, 2.24) is 20.9 Å². The number of hydrogen-bond donors (Lipinski definition) is 5. The second-order valence-electron chi connectivity index (χ2n) is 11.7. The fourth-order valence-electron chi connectivity index (χ4n) is 5.25. The largest absolute Gasteiger partial charge is 0.352 e. The van der Waals surface area contributed by atoms with E-state index in [4.69, 9.17) is 5.73 Å². The molecule has 12 heteroatoms. The molecule has 12 nitrogen and oxygen atoms in total. The number of likely N-dealkylation sites (tertiary alicyclic amines) is 1. The smallest absolute Gasteiger partial charge is 0.312 e. The maximum Gasteiger partial charge on any atom is 0.312 e. The van der Waals surface area contributed by atoms with Crippen LogP contribution < -0.4 is 27.0 Å². The Bertz CT molecular complexity index is 1120. The number of aryl methyl sites for hydroxylation is 1. The van der Waals surface area contributed by atoms with Gasteiger partial charge >= 0.3 is 6.03 Å². The molecule has 1 saturated heterocycles. The molecule has 0 saturated carbocycles. The van der Waals surface area contributed by atoms with Gasteiger partial charge in [-0.2, -0.15) is 0 Å². The van der Waals surface area contributed by atoms with Gasteiger partial charge in [0.1, 0.15) is 6.04 Å². The highest BCUT2D eigenvalue weighted by molar-refractivity contribution is 6.03. The van der Waals surface area contributed by atoms with Crippen LogP contribution >= 0.6 is 0 Å². The third kappa shape index (κ3) is 17.3. The van der Waals surface area contributed by atoms with E-state index in [1.54, 1.807) is 12.1 Å². The summed E-state index contributed by atoms with van der Waals surface area (Å²) >= 11 is 0. The van der Waals surface area contributed by atoms with E-state index in [-0.39, 0.29) is 61.9 Å². The van der Waals surface area contributed by atoms with E-state index in [1.807, 2.05) is 46.8 Å². The number of primary amides is 1. The molecule has 1 aliphatic rings. The van der Waals surface area contributed by atoms with Gasteiger partial charge in [-0.1, -0.05) is 86.3 Å². The van der Waals surface area contributed by atoms with E-state index in [9.17, 15) is 28.8 Å². The first kappa shape index (κ1) is 44.0. The lowest BCUT2D eigenvalue weighted by Gasteiger charge is -2.19. The summed E-state index contributed by atoms with van der Waals surface area (Å²) in [7, 11) is 0. The number of anilines is 1. The van der Waals surface area contributed by atoms with Crippen LogP contribution in [-0.4, -0.2) is 66.1 Å². The molecule has 1 aromatic rings. The maximum absolute atomic E-state index is 12.9. The SMILES string of the molecule is CC.CCC.CCc1ccc(NC(=O)C(CCCNC(N)=O)NC(=O)CNC(=O)CCCCCN2C(=O)CC(C(CC)CC)C2=O)cc1. The second-order valence-corrected chi connectivity index (χ2v) is 11.7. The average molecular weight is 675 g/mol. The summed E-state index contributed by atoms with van der Waals surface area (Å²) in [4.78, 5) is 75.1. The highest BCUT2D eigenvalue weighted by atomic mass is 16.2. The minimum Gasteiger partial charge on any atom is -0.352 e. The van der Waals surface area contributed by atoms with Gasteiger partial charge in [0.2, 0.25) is 29.5 Å². The third-order valence-corrected chi connectivity index (χ3v) is 7.88. The number of rotatable bonds is 19. The maximum atomic E-state index is 12.9. The number of nitrogens with zero attached hydrogens (tertiary/aromatic N) is 1. The number of nitrogens with two attached hydrogens (primary N) is 1. The predicted octanol–water partition coefficient (Wildman–Crippen LogP) is 5.05. The Balaban J connectivity index is 0.00000417. The lowest BCUT2D eigenvalue weighted by atomic mass is 9.87. The highest BCUT2D eigenvalue weighted by Crippen LogP contribution is 2.31. The van der Waals surface area contributed by atoms with Crippen molar-refractivity contribution in [2.24, 2.45) is 17.6 Å². The summed E-state index contributed by atoms with van der Waals surface area (Å²) < 4.78 is 0. The van der Waals surface area contributed by atoms with Gasteiger partial charge in [0.15, 0.2) is 0 Å². The van der Waals surface area contributed by atoms with E-state index < -0.39 is 23.9 Å². The number of hydrogen-bond acceptors (Lipinski definition) is 6. The molecule has 0 aromatic heterocycles. The van der Waals surface area contributed by atoms with E-state index in [0.29, 0.717) is 37.9 Å². The number of unbranched alkanes of at least 4 members (excludes halogenated alkanes) is 2. The Morgan fingerprint density at radius 1 is 0.875 bits per heavy atom. The molecular formula is C36H62N6O6. The fourth-order valence-corrected chi connectivity index (χ4v) is 5.25. The van der Waals surface area contributed by atoms with Crippen molar-refractivity contribution in [3.05, 3.63) is 29.8 Å². The molecule has 2 atom stereocenters. The summed E-state index contributed by atoms with van der Waals surface area (Å²) in [6.45, 7) is 14.7. The first-order chi connectivity index (χ1) is 23.0. The number of urea groups is 1. The topological polar surface area (TPSA) is 180 Å². The molecule has 1 aromatic carbocycles. The van der Waals surface area contributed by atoms with Crippen molar-refractivity contribution in [3.63, 3.8) is 0 Å². The molecule has 2 rings (SSSR count). The summed E-state index contributed by atoms with van der Waals surface area (Å²) in [5.74, 6) is -1.42. The number of amides is 7. The Kier molecular flexibility index (Phi) is 23.9. The van der Waals surface area contributed by atoms with Crippen LogP contribution in [0.3, 0.4) is 0 Å². The molecule has 0 spiro atoms. The molecule has 7 amide bonds. The van der Waals surface area contributed by atoms with Crippen molar-refractivity contribution in [3.8, 4) is 0 Å². The van der Waals surface area contributed by atoms with Crippen LogP contribution in [0.15, 0.2) is 24.3 Å². The fraction of sp³-hybridized carbons (Fsp3) is 0.667. The van der Waals surface area contributed by atoms with Crippen molar-refractivity contribution >= 4 is 41.3 Å². The first-order valence-corrected chi connectivity index (χ1v) is 17.8. The normalized spacial score (nSPS) is 14.2. The van der Waals surface area contributed by atoms with Gasteiger partial charge in [-0.25, -0.2) is 4.79 Å². The van der Waals surface area contributed by atoms with Crippen molar-refractivity contribution in [2.45, 2.75) is 125 Å². The summed E-state index contributed by atoms with van der Waals surface area (Å²) in [6, 6.07) is 5.83. The average Bonchev–Trinajstić information content (AvgIpc) is 3.35. The first-order valence-electron chi connectivity index (χ1n) is 17.8. The Morgan fingerprint density at radius 3 is 2.06 bits per heavy atom. The zero-order valence-corrected chi connectivity index (χ0v) is 30.4. The zero-order valence-electron chi connectivity index (χ0n) is 30.4. The monoisotopic (exact) mass is 674 g/mol. The molecule has 1 heterocycles. The van der Waals surface area contributed by atoms with Crippen LogP contribution in [0.25, 0.3) is 0 Å². The molecule has 48 heavy (non-hydrogen) atoms. The van der Waals surface area contributed by atoms with Crippen LogP contribution in [-0.2, 0) is 30.4 Å². The van der Waals surface area contributed by atoms with Gasteiger partial charge in [0.25, 0.3) is 0 Å². The second kappa shape index (κ2) is 26.0. The van der Waals surface area contributed by atoms with Gasteiger partial charge in [-0.05, 0) is 55.7 Å². The van der Waals surface area contributed by atoms with Gasteiger partial charge in [-0.15, -0.1) is 0 Å². The molecule has 1 fully saturated rings. The Labute approximate surface area is 288 Å². The van der Waals surface area contributed by atoms with Crippen molar-refractivity contribution in [1.29, 1.82) is 0 Å². The van der Waals surface area contributed by atoms with Gasteiger partial charge in [0, 0.05) is 31.6 Å². The quantitative estimate of drug-likeness (QED) is 0.101. The molecule has 272 valence electrons. The number of carbonyl (C=O) groups is 6. The molecule has 6 N–H and O–H groups in total. The molecule has 0 bridgehead atoms. The van der Waals surface area contributed by atoms with Crippen molar-refractivity contribution in [2.75, 3.05) is 25.0 Å². The minimum absolute atomic E-state index is 0.0760. The van der Waals surface area contributed by atoms with E-state index in [0.717, 1.165) is 24.8 Å². The Morgan fingerprint density at radius 2 is 1.50 bits per heavy atom. The summed E-state index contributed by atoms with van der Waals surface area (Å²) in [6.07, 6.45) is 6.81. The van der Waals surface area contributed by atoms with Crippen LogP contribution in [0.1, 0.15) is 118 Å². The minimum atomic E-state index is -0.884. The van der Waals surface area contributed by atoms with Crippen LogP contribution in [0.5, 0.6) is 0 Å². The van der Waals surface area contributed by atoms with Gasteiger partial charge in [-0.3, -0.25) is 28.9 Å². The number of carbonyl (C=O) groups excluding carboxylic acids is 6. The highest BCUT2D eigenvalue weighted by Gasteiger charge is 2.41. The van der Waals surface area contributed by atoms with Gasteiger partial charge < -0.3 is 27.0 Å². The molecule has 1 aliphatic heterocycles. The van der Waals surface area contributed by atoms with E-state index in [2.05, 4.69) is 35.1 Å². The van der Waals surface area contributed by atoms with Crippen molar-refractivity contribution < 1.29 is 28.8 Å². The molecular weight excluding hydrogens is 612 g/mol. The molecule has 2 unspecified atom stereocenters. The van der Waals surface area contributed by atoms with E-state index >= 15 is 0 Å². The Hall–Kier alpha value is -3.96. The third-order valence-electron chi connectivity index (χ3n) is 7.88. The standard InChI is InChI=1S/C31H48N6O6.C3H8.C2H6/c1-4-21-13-15-23(16-14-21)35-29(41)25(11-10-17-33-31(32)43)36-27(39)20-34-26(38)12-8-7-9-18-37-28(40)19-24(30(37)42)22(5-2)6-3;1-3-2;1-2/h13-16,22,24-25H,4-12,17-20H2,1-3H3,(H,34,38)(H,35,41)(H,36,39)(H3,32,33,43);3H2,1-2H3;1-2H3. The lowest BCUT2D eigenvalue weighted by Crippen LogP contribution is -2.47. The number of imide groups is 1. The lowest BCUT2D eigenvalue weighted by molar-refractivity contribution is -0.140. The number of benzene rings is 1. The van der Waals surface area contributed by atoms with Crippen LogP contribution in [0.4, 0.5) is 10.5 Å². The van der Waals surface area contributed by atoms with E-state index in [1.165, 1.54) is 11.3 Å². The predicted molar refractivity (Wildman–Crippen MR) is 191 cm³/mol.